The molecule has 0 fully saturated rings. The smallest absolute Gasteiger partial charge is 0.410 e. The lowest BCUT2D eigenvalue weighted by atomic mass is 10.0. The first-order chi connectivity index (χ1) is 19.5. The van der Waals surface area contributed by atoms with Crippen LogP contribution in [0.5, 0.6) is 5.75 Å². The Labute approximate surface area is 243 Å². The summed E-state index contributed by atoms with van der Waals surface area (Å²) < 4.78 is 5.57. The van der Waals surface area contributed by atoms with E-state index in [1.54, 1.807) is 12.1 Å². The van der Waals surface area contributed by atoms with Crippen LogP contribution < -0.4 is 20.3 Å². The van der Waals surface area contributed by atoms with E-state index in [9.17, 15) is 4.79 Å². The lowest BCUT2D eigenvalue weighted by molar-refractivity contribution is 0.215. The van der Waals surface area contributed by atoms with E-state index in [2.05, 4.69) is 40.7 Å². The van der Waals surface area contributed by atoms with Crippen LogP contribution in [0, 0.1) is 13.8 Å². The predicted octanol–water partition coefficient (Wildman–Crippen LogP) is 8.64. The molecular formula is C32H30Cl2N4O2. The Morgan fingerprint density at radius 3 is 2.25 bits per heavy atom. The maximum absolute atomic E-state index is 12.8. The molecule has 0 atom stereocenters. The van der Waals surface area contributed by atoms with Gasteiger partial charge in [-0.25, -0.2) is 9.78 Å². The maximum Gasteiger partial charge on any atom is 0.417 e. The fraction of sp³-hybridized carbons (Fsp3) is 0.188. The SMILES string of the molecule is Cc1c(NC(=O)Oc2ccc(N(CCCl)CCCl)cc2)cccc1Nc1c2ccccc2nc2c(C)cccc12. The summed E-state index contributed by atoms with van der Waals surface area (Å²) in [6, 6.07) is 27.3. The molecule has 8 heteroatoms. The number of anilines is 4. The number of hydrogen-bond donors (Lipinski definition) is 2. The first kappa shape index (κ1) is 27.6. The first-order valence-corrected chi connectivity index (χ1v) is 14.2. The van der Waals surface area contributed by atoms with E-state index in [0.717, 1.165) is 50.0 Å². The van der Waals surface area contributed by atoms with Gasteiger partial charge in [0.1, 0.15) is 5.75 Å². The Bertz CT molecular complexity index is 1650. The molecule has 40 heavy (non-hydrogen) atoms. The molecular weight excluding hydrogens is 543 g/mol. The van der Waals surface area contributed by atoms with Crippen LogP contribution in [0.1, 0.15) is 11.1 Å². The number of amides is 1. The number of alkyl halides is 2. The van der Waals surface area contributed by atoms with Crippen LogP contribution in [-0.2, 0) is 0 Å². The molecule has 5 aromatic rings. The minimum Gasteiger partial charge on any atom is -0.410 e. The molecule has 4 aromatic carbocycles. The van der Waals surface area contributed by atoms with Crippen molar-refractivity contribution in [2.75, 3.05) is 40.4 Å². The number of pyridine rings is 1. The van der Waals surface area contributed by atoms with Crippen LogP contribution in [0.2, 0.25) is 0 Å². The molecule has 0 aliphatic rings. The quantitative estimate of drug-likeness (QED) is 0.137. The molecule has 0 saturated heterocycles. The van der Waals surface area contributed by atoms with Crippen LogP contribution in [0.3, 0.4) is 0 Å². The van der Waals surface area contributed by atoms with Crippen molar-refractivity contribution < 1.29 is 9.53 Å². The molecule has 0 saturated carbocycles. The van der Waals surface area contributed by atoms with Crippen molar-refractivity contribution in [1.29, 1.82) is 0 Å². The molecule has 1 amide bonds. The second-order valence-corrected chi connectivity index (χ2v) is 10.2. The topological polar surface area (TPSA) is 66.5 Å². The van der Waals surface area contributed by atoms with Gasteiger partial charge in [0.25, 0.3) is 0 Å². The molecule has 5 rings (SSSR count). The summed E-state index contributed by atoms with van der Waals surface area (Å²) in [5.41, 5.74) is 7.34. The summed E-state index contributed by atoms with van der Waals surface area (Å²) in [6.45, 7) is 5.40. The van der Waals surface area contributed by atoms with Crippen LogP contribution in [-0.4, -0.2) is 35.9 Å². The number of carbonyl (C=O) groups excluding carboxylic acids is 1. The number of rotatable bonds is 9. The third-order valence-corrected chi connectivity index (χ3v) is 7.20. The number of halogens is 2. The Balaban J connectivity index is 1.36. The number of aryl methyl sites for hydroxylation is 1. The zero-order valence-corrected chi connectivity index (χ0v) is 23.9. The zero-order chi connectivity index (χ0) is 28.1. The summed E-state index contributed by atoms with van der Waals surface area (Å²) in [6.07, 6.45) is -0.568. The predicted molar refractivity (Wildman–Crippen MR) is 168 cm³/mol. The molecule has 0 unspecified atom stereocenters. The minimum absolute atomic E-state index is 0.440. The standard InChI is InChI=1S/C32H30Cl2N4O2/c1-21-7-5-9-26-30(21)36-29-10-4-3-8-25(29)31(26)35-27-11-6-12-28(22(27)2)37-32(39)40-24-15-13-23(14-16-24)38(19-17-33)20-18-34/h3-16H,17-20H2,1-2H3,(H,35,36)(H,37,39). The lowest BCUT2D eigenvalue weighted by Gasteiger charge is -2.22. The number of hydrogen-bond acceptors (Lipinski definition) is 5. The third-order valence-electron chi connectivity index (χ3n) is 6.86. The van der Waals surface area contributed by atoms with Crippen molar-refractivity contribution in [2.45, 2.75) is 13.8 Å². The number of ether oxygens (including phenoxy) is 1. The summed E-state index contributed by atoms with van der Waals surface area (Å²) in [4.78, 5) is 19.8. The van der Waals surface area contributed by atoms with Gasteiger partial charge in [0.05, 0.1) is 16.7 Å². The number of fused-ring (bicyclic) bond motifs is 2. The molecule has 0 aliphatic carbocycles. The first-order valence-electron chi connectivity index (χ1n) is 13.1. The molecule has 2 N–H and O–H groups in total. The van der Waals surface area contributed by atoms with E-state index < -0.39 is 6.09 Å². The fourth-order valence-corrected chi connectivity index (χ4v) is 5.18. The van der Waals surface area contributed by atoms with Gasteiger partial charge in [0, 0.05) is 52.7 Å². The summed E-state index contributed by atoms with van der Waals surface area (Å²) in [5, 5.41) is 8.58. The zero-order valence-electron chi connectivity index (χ0n) is 22.4. The van der Waals surface area contributed by atoms with Crippen molar-refractivity contribution >= 4 is 73.9 Å². The second-order valence-electron chi connectivity index (χ2n) is 9.45. The van der Waals surface area contributed by atoms with Gasteiger partial charge < -0.3 is 15.0 Å². The highest BCUT2D eigenvalue weighted by Crippen LogP contribution is 2.36. The van der Waals surface area contributed by atoms with E-state index >= 15 is 0 Å². The molecule has 0 radical (unpaired) electrons. The molecule has 1 aromatic heterocycles. The van der Waals surface area contributed by atoms with Gasteiger partial charge in [-0.05, 0) is 67.4 Å². The monoisotopic (exact) mass is 572 g/mol. The summed E-state index contributed by atoms with van der Waals surface area (Å²) in [5.74, 6) is 1.44. The van der Waals surface area contributed by atoms with Gasteiger partial charge in [-0.1, -0.05) is 42.5 Å². The largest absolute Gasteiger partial charge is 0.417 e. The number of benzene rings is 4. The minimum atomic E-state index is -0.568. The van der Waals surface area contributed by atoms with E-state index in [1.807, 2.05) is 61.5 Å². The van der Waals surface area contributed by atoms with Crippen molar-refractivity contribution in [3.63, 3.8) is 0 Å². The highest BCUT2D eigenvalue weighted by molar-refractivity contribution is 6.18. The van der Waals surface area contributed by atoms with Crippen molar-refractivity contribution in [1.82, 2.24) is 4.98 Å². The van der Waals surface area contributed by atoms with Crippen molar-refractivity contribution in [2.24, 2.45) is 0 Å². The number of para-hydroxylation sites is 2. The van der Waals surface area contributed by atoms with Crippen LogP contribution in [0.4, 0.5) is 27.5 Å². The molecule has 6 nitrogen and oxygen atoms in total. The van der Waals surface area contributed by atoms with Gasteiger partial charge in [-0.3, -0.25) is 5.32 Å². The van der Waals surface area contributed by atoms with Crippen molar-refractivity contribution in [3.8, 4) is 5.75 Å². The third kappa shape index (κ3) is 5.93. The van der Waals surface area contributed by atoms with Crippen LogP contribution in [0.15, 0.2) is 84.9 Å². The molecule has 0 aliphatic heterocycles. The molecule has 1 heterocycles. The van der Waals surface area contributed by atoms with E-state index in [-0.39, 0.29) is 0 Å². The fourth-order valence-electron chi connectivity index (χ4n) is 4.77. The van der Waals surface area contributed by atoms with Gasteiger partial charge in [0.2, 0.25) is 0 Å². The Morgan fingerprint density at radius 1 is 0.825 bits per heavy atom. The molecule has 0 bridgehead atoms. The number of nitrogens with zero attached hydrogens (tertiary/aromatic N) is 2. The van der Waals surface area contributed by atoms with E-state index in [4.69, 9.17) is 32.9 Å². The van der Waals surface area contributed by atoms with Crippen molar-refractivity contribution in [3.05, 3.63) is 96.1 Å². The normalized spacial score (nSPS) is 11.0. The Morgan fingerprint density at radius 2 is 1.50 bits per heavy atom. The average Bonchev–Trinajstić information content (AvgIpc) is 2.96. The van der Waals surface area contributed by atoms with Gasteiger partial charge in [-0.15, -0.1) is 23.2 Å². The summed E-state index contributed by atoms with van der Waals surface area (Å²) >= 11 is 11.8. The van der Waals surface area contributed by atoms with E-state index in [0.29, 0.717) is 36.3 Å². The number of nitrogens with one attached hydrogen (secondary N) is 2. The van der Waals surface area contributed by atoms with Crippen LogP contribution >= 0.6 is 23.2 Å². The molecule has 0 spiro atoms. The van der Waals surface area contributed by atoms with Gasteiger partial charge in [-0.2, -0.15) is 0 Å². The lowest BCUT2D eigenvalue weighted by Crippen LogP contribution is -2.27. The van der Waals surface area contributed by atoms with Gasteiger partial charge >= 0.3 is 6.09 Å². The number of carbonyl (C=O) groups is 1. The molecule has 204 valence electrons. The summed E-state index contributed by atoms with van der Waals surface area (Å²) in [7, 11) is 0. The highest BCUT2D eigenvalue weighted by atomic mass is 35.5. The van der Waals surface area contributed by atoms with E-state index in [1.165, 1.54) is 0 Å². The second kappa shape index (κ2) is 12.5. The Hall–Kier alpha value is -4.00. The van der Waals surface area contributed by atoms with Gasteiger partial charge in [0.15, 0.2) is 0 Å². The Kier molecular flexibility index (Phi) is 8.58. The maximum atomic E-state index is 12.8. The average molecular weight is 574 g/mol. The highest BCUT2D eigenvalue weighted by Gasteiger charge is 2.14. The van der Waals surface area contributed by atoms with Crippen LogP contribution in [0.25, 0.3) is 21.8 Å². The number of aromatic nitrogens is 1.